The Hall–Kier alpha value is -4.07. The molecule has 0 N–H and O–H groups in total. The summed E-state index contributed by atoms with van der Waals surface area (Å²) in [7, 11) is 4.86. The Bertz CT molecular complexity index is 1320. The SMILES string of the molecule is COc1ccc([C@@H]2[C@@H](C(=O)N3CCN(c4ccccc4F)CC3)c3ccccc3C(=O)N2C)cc1OC. The summed E-state index contributed by atoms with van der Waals surface area (Å²) in [5.41, 5.74) is 2.58. The van der Waals surface area contributed by atoms with E-state index in [1.165, 1.54) is 6.07 Å². The third kappa shape index (κ3) is 4.37. The van der Waals surface area contributed by atoms with Gasteiger partial charge in [0.05, 0.1) is 31.9 Å². The van der Waals surface area contributed by atoms with Gasteiger partial charge in [-0.2, -0.15) is 0 Å². The molecule has 1 saturated heterocycles. The van der Waals surface area contributed by atoms with Crippen molar-refractivity contribution in [3.8, 4) is 11.5 Å². The van der Waals surface area contributed by atoms with Crippen molar-refractivity contribution in [3.63, 3.8) is 0 Å². The zero-order valence-corrected chi connectivity index (χ0v) is 21.2. The molecule has 0 saturated carbocycles. The molecule has 5 rings (SSSR count). The smallest absolute Gasteiger partial charge is 0.254 e. The molecule has 0 aliphatic carbocycles. The molecule has 0 unspecified atom stereocenters. The van der Waals surface area contributed by atoms with Crippen LogP contribution in [0.1, 0.15) is 33.4 Å². The van der Waals surface area contributed by atoms with Crippen molar-refractivity contribution >= 4 is 17.5 Å². The van der Waals surface area contributed by atoms with Crippen LogP contribution in [0.2, 0.25) is 0 Å². The predicted molar refractivity (Wildman–Crippen MR) is 139 cm³/mol. The zero-order valence-electron chi connectivity index (χ0n) is 21.2. The van der Waals surface area contributed by atoms with Crippen LogP contribution in [0.4, 0.5) is 10.1 Å². The van der Waals surface area contributed by atoms with Gasteiger partial charge in [0.1, 0.15) is 5.82 Å². The molecule has 192 valence electrons. The number of halogens is 1. The minimum atomic E-state index is -0.600. The number of fused-ring (bicyclic) bond motifs is 1. The second-order valence-corrected chi connectivity index (χ2v) is 9.30. The van der Waals surface area contributed by atoms with Crippen LogP contribution in [0, 0.1) is 5.82 Å². The van der Waals surface area contributed by atoms with Gasteiger partial charge in [-0.05, 0) is 41.5 Å². The van der Waals surface area contributed by atoms with E-state index >= 15 is 0 Å². The summed E-state index contributed by atoms with van der Waals surface area (Å²) in [5.74, 6) is 0.0470. The molecule has 2 amide bonds. The van der Waals surface area contributed by atoms with Crippen molar-refractivity contribution in [2.75, 3.05) is 52.3 Å². The molecule has 8 heteroatoms. The first kappa shape index (κ1) is 24.6. The molecule has 1 fully saturated rings. The number of benzene rings is 3. The molecule has 0 aromatic heterocycles. The summed E-state index contributed by atoms with van der Waals surface area (Å²) in [6.07, 6.45) is 0. The molecule has 37 heavy (non-hydrogen) atoms. The van der Waals surface area contributed by atoms with Crippen LogP contribution in [0.15, 0.2) is 66.7 Å². The van der Waals surface area contributed by atoms with Crippen molar-refractivity contribution < 1.29 is 23.5 Å². The molecule has 3 aromatic rings. The van der Waals surface area contributed by atoms with Crippen molar-refractivity contribution in [1.29, 1.82) is 0 Å². The molecular formula is C29H30FN3O4. The molecule has 7 nitrogen and oxygen atoms in total. The standard InChI is InChI=1S/C29H30FN3O4/c1-31-27(19-12-13-24(36-2)25(18-19)37-3)26(20-8-4-5-9-21(20)28(31)34)29(35)33-16-14-32(15-17-33)23-11-7-6-10-22(23)30/h4-13,18,26-27H,14-17H2,1-3H3/t26-,27+/m0/s1. The van der Waals surface area contributed by atoms with Crippen LogP contribution in [0.3, 0.4) is 0 Å². The van der Waals surface area contributed by atoms with E-state index in [4.69, 9.17) is 9.47 Å². The number of methoxy groups -OCH3 is 2. The number of hydrogen-bond acceptors (Lipinski definition) is 5. The maximum atomic E-state index is 14.3. The first-order valence-corrected chi connectivity index (χ1v) is 12.3. The van der Waals surface area contributed by atoms with Gasteiger partial charge in [-0.1, -0.05) is 36.4 Å². The molecule has 3 aromatic carbocycles. The number of ether oxygens (including phenoxy) is 2. The van der Waals surface area contributed by atoms with Gasteiger partial charge < -0.3 is 24.2 Å². The lowest BCUT2D eigenvalue weighted by molar-refractivity contribution is -0.134. The fourth-order valence-corrected chi connectivity index (χ4v) is 5.47. The van der Waals surface area contributed by atoms with Crippen LogP contribution in [0.25, 0.3) is 0 Å². The summed E-state index contributed by atoms with van der Waals surface area (Å²) in [6.45, 7) is 1.97. The number of anilines is 1. The molecule has 0 spiro atoms. The van der Waals surface area contributed by atoms with E-state index in [2.05, 4.69) is 0 Å². The Morgan fingerprint density at radius 3 is 2.27 bits per heavy atom. The number of hydrogen-bond donors (Lipinski definition) is 0. The summed E-state index contributed by atoms with van der Waals surface area (Å²) < 4.78 is 25.3. The maximum absolute atomic E-state index is 14.3. The van der Waals surface area contributed by atoms with Gasteiger partial charge in [0, 0.05) is 38.8 Å². The third-order valence-electron chi connectivity index (χ3n) is 7.38. The highest BCUT2D eigenvalue weighted by Gasteiger charge is 2.44. The third-order valence-corrected chi connectivity index (χ3v) is 7.38. The highest BCUT2D eigenvalue weighted by atomic mass is 19.1. The molecule has 2 aliphatic rings. The van der Waals surface area contributed by atoms with Gasteiger partial charge in [-0.25, -0.2) is 4.39 Å². The minimum Gasteiger partial charge on any atom is -0.493 e. The van der Waals surface area contributed by atoms with Gasteiger partial charge in [-0.3, -0.25) is 9.59 Å². The van der Waals surface area contributed by atoms with Crippen molar-refractivity contribution in [2.45, 2.75) is 12.0 Å². The van der Waals surface area contributed by atoms with Crippen molar-refractivity contribution in [1.82, 2.24) is 9.80 Å². The quantitative estimate of drug-likeness (QED) is 0.525. The number of likely N-dealkylation sites (N-methyl/N-ethyl adjacent to an activating group) is 1. The number of para-hydroxylation sites is 1. The highest BCUT2D eigenvalue weighted by molar-refractivity contribution is 6.01. The van der Waals surface area contributed by atoms with Crippen molar-refractivity contribution in [3.05, 3.63) is 89.2 Å². The summed E-state index contributed by atoms with van der Waals surface area (Å²) in [4.78, 5) is 33.0. The molecule has 2 aliphatic heterocycles. The van der Waals surface area contributed by atoms with E-state index < -0.39 is 12.0 Å². The topological polar surface area (TPSA) is 62.3 Å². The van der Waals surface area contributed by atoms with Gasteiger partial charge >= 0.3 is 0 Å². The Morgan fingerprint density at radius 2 is 1.57 bits per heavy atom. The molecule has 2 atom stereocenters. The van der Waals surface area contributed by atoms with Crippen molar-refractivity contribution in [2.24, 2.45) is 0 Å². The van der Waals surface area contributed by atoms with E-state index in [1.807, 2.05) is 46.2 Å². The molecule has 0 radical (unpaired) electrons. The Morgan fingerprint density at radius 1 is 0.892 bits per heavy atom. The number of rotatable bonds is 5. The van der Waals surface area contributed by atoms with E-state index in [0.717, 1.165) is 5.56 Å². The summed E-state index contributed by atoms with van der Waals surface area (Å²) in [6, 6.07) is 19.0. The minimum absolute atomic E-state index is 0.0558. The average Bonchev–Trinajstić information content (AvgIpc) is 2.94. The number of carbonyl (C=O) groups excluding carboxylic acids is 2. The fraction of sp³-hybridized carbons (Fsp3) is 0.310. The number of carbonyl (C=O) groups is 2. The molecule has 2 heterocycles. The second-order valence-electron chi connectivity index (χ2n) is 9.30. The number of nitrogens with zero attached hydrogens (tertiary/aromatic N) is 3. The van der Waals surface area contributed by atoms with Crippen LogP contribution in [-0.4, -0.2) is 69.1 Å². The summed E-state index contributed by atoms with van der Waals surface area (Å²) in [5, 5.41) is 0. The van der Waals surface area contributed by atoms with Crippen LogP contribution in [-0.2, 0) is 4.79 Å². The molecular weight excluding hydrogens is 473 g/mol. The number of piperazine rings is 1. The van der Waals surface area contributed by atoms with Gasteiger partial charge in [0.2, 0.25) is 5.91 Å². The lowest BCUT2D eigenvalue weighted by atomic mass is 9.79. The largest absolute Gasteiger partial charge is 0.493 e. The number of amides is 2. The maximum Gasteiger partial charge on any atom is 0.254 e. The Labute approximate surface area is 216 Å². The normalized spacial score (nSPS) is 19.5. The van der Waals surface area contributed by atoms with Gasteiger partial charge in [-0.15, -0.1) is 0 Å². The van der Waals surface area contributed by atoms with E-state index in [0.29, 0.717) is 54.5 Å². The van der Waals surface area contributed by atoms with Gasteiger partial charge in [0.15, 0.2) is 11.5 Å². The highest BCUT2D eigenvalue weighted by Crippen LogP contribution is 2.44. The zero-order chi connectivity index (χ0) is 26.1. The summed E-state index contributed by atoms with van der Waals surface area (Å²) >= 11 is 0. The lowest BCUT2D eigenvalue weighted by Crippen LogP contribution is -2.53. The molecule has 0 bridgehead atoms. The predicted octanol–water partition coefficient (Wildman–Crippen LogP) is 4.10. The Kier molecular flexibility index (Phi) is 6.74. The van der Waals surface area contributed by atoms with Crippen LogP contribution in [0.5, 0.6) is 11.5 Å². The fourth-order valence-electron chi connectivity index (χ4n) is 5.47. The van der Waals surface area contributed by atoms with Crippen LogP contribution < -0.4 is 14.4 Å². The monoisotopic (exact) mass is 503 g/mol. The van der Waals surface area contributed by atoms with E-state index in [-0.39, 0.29) is 17.6 Å². The van der Waals surface area contributed by atoms with E-state index in [1.54, 1.807) is 50.4 Å². The van der Waals surface area contributed by atoms with Gasteiger partial charge in [0.25, 0.3) is 5.91 Å². The first-order chi connectivity index (χ1) is 17.9. The average molecular weight is 504 g/mol. The first-order valence-electron chi connectivity index (χ1n) is 12.3. The second kappa shape index (κ2) is 10.1. The van der Waals surface area contributed by atoms with E-state index in [9.17, 15) is 14.0 Å². The van der Waals surface area contributed by atoms with Crippen LogP contribution >= 0.6 is 0 Å². The lowest BCUT2D eigenvalue weighted by Gasteiger charge is -2.43. The Balaban J connectivity index is 1.49.